The number of rotatable bonds is 7. The summed E-state index contributed by atoms with van der Waals surface area (Å²) >= 11 is 0. The molecule has 4 rings (SSSR count). The number of carbonyl (C=O) groups is 1. The van der Waals surface area contributed by atoms with Crippen LogP contribution in [-0.2, 0) is 17.9 Å². The number of anilines is 1. The zero-order valence-electron chi connectivity index (χ0n) is 18.3. The summed E-state index contributed by atoms with van der Waals surface area (Å²) in [4.78, 5) is 14.9. The first kappa shape index (κ1) is 21.7. The quantitative estimate of drug-likeness (QED) is 0.590. The van der Waals surface area contributed by atoms with E-state index in [0.29, 0.717) is 26.1 Å². The number of methoxy groups -OCH3 is 1. The van der Waals surface area contributed by atoms with Crippen molar-refractivity contribution in [2.45, 2.75) is 32.5 Å². The predicted molar refractivity (Wildman–Crippen MR) is 123 cm³/mol. The molecule has 1 atom stereocenters. The Kier molecular flexibility index (Phi) is 6.59. The highest BCUT2D eigenvalue weighted by Crippen LogP contribution is 2.36. The Morgan fingerprint density at radius 1 is 1.09 bits per heavy atom. The summed E-state index contributed by atoms with van der Waals surface area (Å²) in [5.74, 6) is 1.28. The third-order valence-corrected chi connectivity index (χ3v) is 5.63. The van der Waals surface area contributed by atoms with Gasteiger partial charge in [-0.05, 0) is 60.0 Å². The molecule has 0 aromatic heterocycles. The van der Waals surface area contributed by atoms with E-state index < -0.39 is 0 Å². The average molecular weight is 435 g/mol. The summed E-state index contributed by atoms with van der Waals surface area (Å²) in [6, 6.07) is 20.0. The summed E-state index contributed by atoms with van der Waals surface area (Å²) < 4.78 is 24.5. The maximum atomic E-state index is 13.4. The fourth-order valence-corrected chi connectivity index (χ4v) is 3.85. The Labute approximate surface area is 187 Å². The fraction of sp³-hybridized carbons (Fsp3) is 0.269. The van der Waals surface area contributed by atoms with Crippen LogP contribution in [-0.4, -0.2) is 25.7 Å². The molecule has 6 heteroatoms. The van der Waals surface area contributed by atoms with Gasteiger partial charge in [-0.2, -0.15) is 0 Å². The van der Waals surface area contributed by atoms with Gasteiger partial charge >= 0.3 is 0 Å². The summed E-state index contributed by atoms with van der Waals surface area (Å²) in [6.45, 7) is 3.44. The second-order valence-corrected chi connectivity index (χ2v) is 8.02. The van der Waals surface area contributed by atoms with Gasteiger partial charge in [-0.25, -0.2) is 4.39 Å². The van der Waals surface area contributed by atoms with Gasteiger partial charge in [-0.1, -0.05) is 30.3 Å². The molecule has 1 N–H and O–H groups in total. The van der Waals surface area contributed by atoms with Gasteiger partial charge in [0.25, 0.3) is 0 Å². The van der Waals surface area contributed by atoms with Crippen molar-refractivity contribution in [3.05, 3.63) is 89.2 Å². The van der Waals surface area contributed by atoms with Gasteiger partial charge in [0.15, 0.2) is 0 Å². The summed E-state index contributed by atoms with van der Waals surface area (Å²) in [5.41, 5.74) is 4.03. The first-order chi connectivity index (χ1) is 15.5. The third kappa shape index (κ3) is 5.19. The molecule has 0 radical (unpaired) electrons. The van der Waals surface area contributed by atoms with Crippen LogP contribution in [0, 0.1) is 12.7 Å². The zero-order valence-corrected chi connectivity index (χ0v) is 18.3. The Morgan fingerprint density at radius 3 is 2.53 bits per heavy atom. The highest BCUT2D eigenvalue weighted by atomic mass is 19.1. The first-order valence-corrected chi connectivity index (χ1v) is 10.7. The molecule has 0 fully saturated rings. The van der Waals surface area contributed by atoms with Crippen LogP contribution in [0.15, 0.2) is 66.7 Å². The number of nitrogens with one attached hydrogen (secondary N) is 1. The fourth-order valence-electron chi connectivity index (χ4n) is 3.85. The van der Waals surface area contributed by atoms with Gasteiger partial charge in [0.05, 0.1) is 25.3 Å². The smallest absolute Gasteiger partial charge is 0.222 e. The molecule has 0 spiro atoms. The monoisotopic (exact) mass is 434 g/mol. The van der Waals surface area contributed by atoms with Crippen LogP contribution in [0.2, 0.25) is 0 Å². The van der Waals surface area contributed by atoms with Crippen molar-refractivity contribution in [1.29, 1.82) is 0 Å². The highest BCUT2D eigenvalue weighted by molar-refractivity contribution is 5.77. The second kappa shape index (κ2) is 9.73. The van der Waals surface area contributed by atoms with E-state index in [1.807, 2.05) is 49.4 Å². The molecule has 3 aromatic rings. The number of aryl methyl sites for hydroxylation is 1. The van der Waals surface area contributed by atoms with Crippen molar-refractivity contribution in [3.8, 4) is 11.5 Å². The maximum Gasteiger partial charge on any atom is 0.222 e. The van der Waals surface area contributed by atoms with Crippen molar-refractivity contribution in [1.82, 2.24) is 5.32 Å². The van der Waals surface area contributed by atoms with Crippen LogP contribution < -0.4 is 19.7 Å². The van der Waals surface area contributed by atoms with Gasteiger partial charge < -0.3 is 19.7 Å². The van der Waals surface area contributed by atoms with E-state index in [9.17, 15) is 9.18 Å². The van der Waals surface area contributed by atoms with Crippen LogP contribution in [0.3, 0.4) is 0 Å². The Bertz CT molecular complexity index is 1070. The van der Waals surface area contributed by atoms with E-state index in [0.717, 1.165) is 33.9 Å². The molecule has 0 aliphatic carbocycles. The minimum absolute atomic E-state index is 0.0471. The number of benzene rings is 3. The molecular formula is C26H27FN2O3. The van der Waals surface area contributed by atoms with Crippen molar-refractivity contribution in [2.75, 3.05) is 18.6 Å². The molecule has 1 amide bonds. The lowest BCUT2D eigenvalue weighted by atomic mass is 10.0. The van der Waals surface area contributed by atoms with Crippen LogP contribution >= 0.6 is 0 Å². The minimum Gasteiger partial charge on any atom is -0.497 e. The largest absolute Gasteiger partial charge is 0.497 e. The number of carbonyl (C=O) groups excluding carboxylic acids is 1. The topological polar surface area (TPSA) is 50.8 Å². The lowest BCUT2D eigenvalue weighted by Crippen LogP contribution is -2.45. The lowest BCUT2D eigenvalue weighted by molar-refractivity contribution is -0.121. The predicted octanol–water partition coefficient (Wildman–Crippen LogP) is 4.62. The summed E-state index contributed by atoms with van der Waals surface area (Å²) in [7, 11) is 1.63. The van der Waals surface area contributed by atoms with Crippen molar-refractivity contribution in [2.24, 2.45) is 0 Å². The molecule has 166 valence electrons. The molecule has 1 aliphatic heterocycles. The molecule has 1 heterocycles. The normalized spacial score (nSPS) is 15.0. The second-order valence-electron chi connectivity index (χ2n) is 8.02. The van der Waals surface area contributed by atoms with Gasteiger partial charge in [0, 0.05) is 13.1 Å². The zero-order chi connectivity index (χ0) is 22.5. The van der Waals surface area contributed by atoms with Crippen molar-refractivity contribution >= 4 is 11.6 Å². The average Bonchev–Trinajstić information content (AvgIpc) is 2.81. The number of fused-ring (bicyclic) bond motifs is 1. The minimum atomic E-state index is -0.263. The van der Waals surface area contributed by atoms with Crippen LogP contribution in [0.1, 0.15) is 23.1 Å². The molecular weight excluding hydrogens is 407 g/mol. The Morgan fingerprint density at radius 2 is 1.81 bits per heavy atom. The Balaban J connectivity index is 1.46. The van der Waals surface area contributed by atoms with E-state index in [2.05, 4.69) is 10.2 Å². The Hall–Kier alpha value is -3.54. The van der Waals surface area contributed by atoms with Crippen LogP contribution in [0.5, 0.6) is 11.5 Å². The summed E-state index contributed by atoms with van der Waals surface area (Å²) in [6.07, 6.45) is 0.296. The number of ether oxygens (including phenoxy) is 2. The SMILES string of the molecule is COc1ccc(CNC(=O)C[C@@H]2COc3cc(C)ccc3N2Cc2ccc(F)cc2)cc1. The molecule has 5 nitrogen and oxygen atoms in total. The van der Waals surface area contributed by atoms with E-state index in [1.165, 1.54) is 12.1 Å². The molecule has 0 saturated carbocycles. The van der Waals surface area contributed by atoms with Crippen LogP contribution in [0.4, 0.5) is 10.1 Å². The van der Waals surface area contributed by atoms with E-state index in [1.54, 1.807) is 19.2 Å². The molecule has 0 bridgehead atoms. The number of amides is 1. The van der Waals surface area contributed by atoms with Crippen LogP contribution in [0.25, 0.3) is 0 Å². The molecule has 0 saturated heterocycles. The van der Waals surface area contributed by atoms with E-state index in [-0.39, 0.29) is 17.8 Å². The first-order valence-electron chi connectivity index (χ1n) is 10.7. The number of hydrogen-bond acceptors (Lipinski definition) is 4. The maximum absolute atomic E-state index is 13.4. The lowest BCUT2D eigenvalue weighted by Gasteiger charge is -2.38. The van der Waals surface area contributed by atoms with Gasteiger partial charge in [-0.3, -0.25) is 4.79 Å². The molecule has 32 heavy (non-hydrogen) atoms. The highest BCUT2D eigenvalue weighted by Gasteiger charge is 2.29. The number of nitrogens with zero attached hydrogens (tertiary/aromatic N) is 1. The standard InChI is InChI=1S/C26H27FN2O3/c1-18-3-12-24-25(13-18)32-17-22(29(24)16-20-4-8-21(27)9-5-20)14-26(30)28-15-19-6-10-23(31-2)11-7-19/h3-13,22H,14-17H2,1-2H3,(H,28,30)/t22-/m1/s1. The van der Waals surface area contributed by atoms with E-state index in [4.69, 9.17) is 9.47 Å². The van der Waals surface area contributed by atoms with E-state index >= 15 is 0 Å². The molecule has 1 aliphatic rings. The number of halogens is 1. The van der Waals surface area contributed by atoms with Gasteiger partial charge in [-0.15, -0.1) is 0 Å². The van der Waals surface area contributed by atoms with Crippen molar-refractivity contribution in [3.63, 3.8) is 0 Å². The van der Waals surface area contributed by atoms with Gasteiger partial charge in [0.1, 0.15) is 23.9 Å². The molecule has 0 unspecified atom stereocenters. The molecule has 3 aromatic carbocycles. The third-order valence-electron chi connectivity index (χ3n) is 5.63. The van der Waals surface area contributed by atoms with Gasteiger partial charge in [0.2, 0.25) is 5.91 Å². The number of hydrogen-bond donors (Lipinski definition) is 1. The summed E-state index contributed by atoms with van der Waals surface area (Å²) in [5, 5.41) is 3.00. The van der Waals surface area contributed by atoms with Crippen molar-refractivity contribution < 1.29 is 18.7 Å².